The van der Waals surface area contributed by atoms with Crippen molar-refractivity contribution in [1.29, 1.82) is 0 Å². The molecule has 5 heteroatoms. The molecule has 0 saturated heterocycles. The monoisotopic (exact) mass is 328 g/mol. The quantitative estimate of drug-likeness (QED) is 0.719. The van der Waals surface area contributed by atoms with Crippen molar-refractivity contribution in [2.45, 2.75) is 33.1 Å². The van der Waals surface area contributed by atoms with E-state index in [1.165, 1.54) is 5.56 Å². The average Bonchev–Trinajstić information content (AvgIpc) is 2.62. The Hall–Kier alpha value is -2.30. The molecule has 1 aromatic heterocycles. The number of rotatable bonds is 10. The van der Waals surface area contributed by atoms with Gasteiger partial charge < -0.3 is 15.0 Å². The lowest BCUT2D eigenvalue weighted by molar-refractivity contribution is 0.414. The van der Waals surface area contributed by atoms with Gasteiger partial charge in [-0.05, 0) is 43.0 Å². The van der Waals surface area contributed by atoms with Gasteiger partial charge in [0.1, 0.15) is 11.6 Å². The summed E-state index contributed by atoms with van der Waals surface area (Å²) in [5.74, 6) is 2.58. The zero-order valence-electron chi connectivity index (χ0n) is 15.0. The molecule has 0 amide bonds. The fourth-order valence-corrected chi connectivity index (χ4v) is 2.58. The highest BCUT2D eigenvalue weighted by molar-refractivity contribution is 5.41. The van der Waals surface area contributed by atoms with Gasteiger partial charge in [0.15, 0.2) is 0 Å². The molecule has 0 unspecified atom stereocenters. The maximum Gasteiger partial charge on any atom is 0.227 e. The minimum Gasteiger partial charge on any atom is -0.497 e. The van der Waals surface area contributed by atoms with Crippen molar-refractivity contribution in [3.05, 3.63) is 42.1 Å². The van der Waals surface area contributed by atoms with Crippen LogP contribution in [-0.2, 0) is 6.42 Å². The summed E-state index contributed by atoms with van der Waals surface area (Å²) in [6.07, 6.45) is 4.96. The zero-order chi connectivity index (χ0) is 17.2. The van der Waals surface area contributed by atoms with E-state index in [4.69, 9.17) is 4.74 Å². The number of nitrogens with zero attached hydrogens (tertiary/aromatic N) is 3. The Morgan fingerprint density at radius 2 is 1.75 bits per heavy atom. The molecule has 0 saturated carbocycles. The summed E-state index contributed by atoms with van der Waals surface area (Å²) in [5, 5.41) is 3.39. The predicted molar refractivity (Wildman–Crippen MR) is 100 cm³/mol. The number of aromatic nitrogens is 2. The molecule has 0 radical (unpaired) electrons. The Balaban J connectivity index is 1.91. The Morgan fingerprint density at radius 3 is 2.38 bits per heavy atom. The van der Waals surface area contributed by atoms with Crippen LogP contribution in [0.2, 0.25) is 0 Å². The number of benzene rings is 1. The molecular weight excluding hydrogens is 300 g/mol. The highest BCUT2D eigenvalue weighted by Crippen LogP contribution is 2.14. The molecular formula is C19H28N4O. The number of nitrogens with one attached hydrogen (secondary N) is 1. The van der Waals surface area contributed by atoms with Crippen molar-refractivity contribution in [1.82, 2.24) is 9.97 Å². The third-order valence-corrected chi connectivity index (χ3v) is 3.79. The van der Waals surface area contributed by atoms with Crippen molar-refractivity contribution >= 4 is 11.8 Å². The van der Waals surface area contributed by atoms with Crippen molar-refractivity contribution in [3.63, 3.8) is 0 Å². The highest BCUT2D eigenvalue weighted by atomic mass is 16.5. The van der Waals surface area contributed by atoms with Gasteiger partial charge in [-0.25, -0.2) is 4.98 Å². The summed E-state index contributed by atoms with van der Waals surface area (Å²) in [4.78, 5) is 11.3. The standard InChI is InChI=1S/C19H28N4O/c1-4-14-23(15-5-2)19-21-13-11-18(22-19)20-12-10-16-6-8-17(24-3)9-7-16/h6-9,11,13H,4-5,10,12,14-15H2,1-3H3,(H,20,21,22). The van der Waals surface area contributed by atoms with E-state index in [1.807, 2.05) is 24.4 Å². The molecule has 0 aliphatic heterocycles. The van der Waals surface area contributed by atoms with Crippen LogP contribution >= 0.6 is 0 Å². The minimum atomic E-state index is 0.813. The molecule has 2 aromatic rings. The van der Waals surface area contributed by atoms with Gasteiger partial charge in [-0.15, -0.1) is 0 Å². The summed E-state index contributed by atoms with van der Waals surface area (Å²) >= 11 is 0. The molecule has 2 rings (SSSR count). The molecule has 0 spiro atoms. The summed E-state index contributed by atoms with van der Waals surface area (Å²) in [6.45, 7) is 7.18. The normalized spacial score (nSPS) is 10.5. The summed E-state index contributed by atoms with van der Waals surface area (Å²) < 4.78 is 5.18. The van der Waals surface area contributed by atoms with Gasteiger partial charge in [0.05, 0.1) is 7.11 Å². The van der Waals surface area contributed by atoms with Crippen molar-refractivity contribution < 1.29 is 4.74 Å². The van der Waals surface area contributed by atoms with Gasteiger partial charge in [0.2, 0.25) is 5.95 Å². The SMILES string of the molecule is CCCN(CCC)c1nccc(NCCc2ccc(OC)cc2)n1. The minimum absolute atomic E-state index is 0.813. The van der Waals surface area contributed by atoms with Crippen LogP contribution in [0.15, 0.2) is 36.5 Å². The molecule has 0 fully saturated rings. The van der Waals surface area contributed by atoms with Crippen LogP contribution in [0, 0.1) is 0 Å². The van der Waals surface area contributed by atoms with Crippen LogP contribution in [0.3, 0.4) is 0 Å². The van der Waals surface area contributed by atoms with Gasteiger partial charge in [-0.1, -0.05) is 26.0 Å². The second kappa shape index (κ2) is 9.75. The Kier molecular flexibility index (Phi) is 7.33. The van der Waals surface area contributed by atoms with Crippen molar-refractivity contribution in [3.8, 4) is 5.75 Å². The van der Waals surface area contributed by atoms with Crippen LogP contribution in [0.4, 0.5) is 11.8 Å². The van der Waals surface area contributed by atoms with Gasteiger partial charge in [0.25, 0.3) is 0 Å². The zero-order valence-corrected chi connectivity index (χ0v) is 15.0. The fraction of sp³-hybridized carbons (Fsp3) is 0.474. The van der Waals surface area contributed by atoms with E-state index >= 15 is 0 Å². The molecule has 0 aliphatic carbocycles. The highest BCUT2D eigenvalue weighted by Gasteiger charge is 2.08. The van der Waals surface area contributed by atoms with E-state index < -0.39 is 0 Å². The first-order chi connectivity index (χ1) is 11.8. The topological polar surface area (TPSA) is 50.3 Å². The lowest BCUT2D eigenvalue weighted by atomic mass is 10.1. The fourth-order valence-electron chi connectivity index (χ4n) is 2.58. The van der Waals surface area contributed by atoms with E-state index in [-0.39, 0.29) is 0 Å². The van der Waals surface area contributed by atoms with Gasteiger partial charge >= 0.3 is 0 Å². The first-order valence-corrected chi connectivity index (χ1v) is 8.71. The lowest BCUT2D eigenvalue weighted by Crippen LogP contribution is -2.27. The van der Waals surface area contributed by atoms with Crippen LogP contribution < -0.4 is 15.0 Å². The largest absolute Gasteiger partial charge is 0.497 e. The molecule has 1 heterocycles. The van der Waals surface area contributed by atoms with Gasteiger partial charge in [-0.2, -0.15) is 4.98 Å². The van der Waals surface area contributed by atoms with Crippen molar-refractivity contribution in [2.24, 2.45) is 0 Å². The molecule has 1 N–H and O–H groups in total. The van der Waals surface area contributed by atoms with E-state index in [2.05, 4.69) is 46.2 Å². The molecule has 5 nitrogen and oxygen atoms in total. The third kappa shape index (κ3) is 5.41. The predicted octanol–water partition coefficient (Wildman–Crippen LogP) is 3.77. The number of anilines is 2. The molecule has 0 aliphatic rings. The second-order valence-corrected chi connectivity index (χ2v) is 5.75. The van der Waals surface area contributed by atoms with Crippen LogP contribution in [0.5, 0.6) is 5.75 Å². The average molecular weight is 328 g/mol. The number of ether oxygens (including phenoxy) is 1. The first kappa shape index (κ1) is 18.0. The summed E-state index contributed by atoms with van der Waals surface area (Å²) in [7, 11) is 1.68. The number of hydrogen-bond acceptors (Lipinski definition) is 5. The summed E-state index contributed by atoms with van der Waals surface area (Å²) in [5.41, 5.74) is 1.27. The second-order valence-electron chi connectivity index (χ2n) is 5.75. The Morgan fingerprint density at radius 1 is 1.04 bits per heavy atom. The smallest absolute Gasteiger partial charge is 0.227 e. The third-order valence-electron chi connectivity index (χ3n) is 3.79. The van der Waals surface area contributed by atoms with Crippen LogP contribution in [-0.4, -0.2) is 36.7 Å². The molecule has 130 valence electrons. The molecule has 1 aromatic carbocycles. The molecule has 0 atom stereocenters. The van der Waals surface area contributed by atoms with E-state index in [1.54, 1.807) is 7.11 Å². The summed E-state index contributed by atoms with van der Waals surface area (Å²) in [6, 6.07) is 10.1. The first-order valence-electron chi connectivity index (χ1n) is 8.71. The Labute approximate surface area is 145 Å². The van der Waals surface area contributed by atoms with E-state index in [0.717, 1.165) is 56.4 Å². The van der Waals surface area contributed by atoms with E-state index in [9.17, 15) is 0 Å². The van der Waals surface area contributed by atoms with Gasteiger partial charge in [-0.3, -0.25) is 0 Å². The van der Waals surface area contributed by atoms with Crippen LogP contribution in [0.25, 0.3) is 0 Å². The van der Waals surface area contributed by atoms with Gasteiger partial charge in [0, 0.05) is 25.8 Å². The molecule has 24 heavy (non-hydrogen) atoms. The number of methoxy groups -OCH3 is 1. The maximum atomic E-state index is 5.18. The number of hydrogen-bond donors (Lipinski definition) is 1. The van der Waals surface area contributed by atoms with Crippen molar-refractivity contribution in [2.75, 3.05) is 37.0 Å². The lowest BCUT2D eigenvalue weighted by Gasteiger charge is -2.21. The Bertz CT molecular complexity index is 595. The molecule has 0 bridgehead atoms. The maximum absolute atomic E-state index is 5.18. The van der Waals surface area contributed by atoms with Crippen LogP contribution in [0.1, 0.15) is 32.3 Å². The van der Waals surface area contributed by atoms with E-state index in [0.29, 0.717) is 0 Å².